The lowest BCUT2D eigenvalue weighted by Gasteiger charge is -2.28. The molecule has 0 atom stereocenters. The maximum absolute atomic E-state index is 12.6. The molecular formula is C16H16N4O5. The number of hydrogen-bond acceptors (Lipinski definition) is 7. The van der Waals surface area contributed by atoms with Crippen molar-refractivity contribution >= 4 is 17.8 Å². The van der Waals surface area contributed by atoms with Crippen molar-refractivity contribution in [2.24, 2.45) is 0 Å². The maximum Gasteiger partial charge on any atom is 0.334 e. The molecule has 4 amide bonds. The van der Waals surface area contributed by atoms with Gasteiger partial charge in [0.25, 0.3) is 0 Å². The lowest BCUT2D eigenvalue weighted by molar-refractivity contribution is -0.144. The lowest BCUT2D eigenvalue weighted by Crippen LogP contribution is -2.42. The molecule has 1 aliphatic carbocycles. The molecule has 2 aromatic rings. The quantitative estimate of drug-likeness (QED) is 0.616. The van der Waals surface area contributed by atoms with Gasteiger partial charge in [0.05, 0.1) is 6.26 Å². The third kappa shape index (κ3) is 2.71. The molecule has 3 heterocycles. The number of carbonyl (C=O) groups excluding carboxylic acids is 3. The molecule has 0 radical (unpaired) electrons. The predicted molar refractivity (Wildman–Crippen MR) is 81.7 cm³/mol. The van der Waals surface area contributed by atoms with E-state index < -0.39 is 17.8 Å². The van der Waals surface area contributed by atoms with Gasteiger partial charge in [0.15, 0.2) is 5.76 Å². The zero-order chi connectivity index (χ0) is 17.4. The van der Waals surface area contributed by atoms with E-state index in [1.807, 2.05) is 0 Å². The number of rotatable bonds is 4. The van der Waals surface area contributed by atoms with Crippen LogP contribution in [0.3, 0.4) is 0 Å². The van der Waals surface area contributed by atoms with Crippen molar-refractivity contribution in [2.45, 2.75) is 44.7 Å². The zero-order valence-corrected chi connectivity index (χ0v) is 13.4. The highest BCUT2D eigenvalue weighted by molar-refractivity contribution is 6.44. The van der Waals surface area contributed by atoms with Gasteiger partial charge >= 0.3 is 17.8 Å². The third-order valence-electron chi connectivity index (χ3n) is 4.53. The number of furan rings is 1. The summed E-state index contributed by atoms with van der Waals surface area (Å²) >= 11 is 0. The first-order valence-electron chi connectivity index (χ1n) is 8.20. The normalized spacial score (nSPS) is 19.3. The SMILES string of the molecule is O=C1C(=O)N(C2CCCCC2)C(=O)N1Cc1nc(-c2ccco2)no1. The Bertz CT molecular complexity index is 806. The minimum atomic E-state index is -0.853. The largest absolute Gasteiger partial charge is 0.461 e. The van der Waals surface area contributed by atoms with Crippen LogP contribution in [0.25, 0.3) is 11.6 Å². The monoisotopic (exact) mass is 344 g/mol. The molecule has 25 heavy (non-hydrogen) atoms. The van der Waals surface area contributed by atoms with Crippen molar-refractivity contribution in [3.8, 4) is 11.6 Å². The topological polar surface area (TPSA) is 110 Å². The molecule has 9 heteroatoms. The molecule has 0 bridgehead atoms. The van der Waals surface area contributed by atoms with E-state index in [-0.39, 0.29) is 24.3 Å². The third-order valence-corrected chi connectivity index (χ3v) is 4.53. The molecule has 9 nitrogen and oxygen atoms in total. The molecule has 1 aliphatic heterocycles. The van der Waals surface area contributed by atoms with Crippen LogP contribution in [-0.2, 0) is 16.1 Å². The molecule has 0 N–H and O–H groups in total. The van der Waals surface area contributed by atoms with Crippen LogP contribution < -0.4 is 0 Å². The molecule has 0 spiro atoms. The maximum atomic E-state index is 12.6. The molecule has 130 valence electrons. The smallest absolute Gasteiger partial charge is 0.334 e. The molecule has 0 aromatic carbocycles. The van der Waals surface area contributed by atoms with E-state index in [0.717, 1.165) is 41.9 Å². The van der Waals surface area contributed by atoms with Gasteiger partial charge in [0, 0.05) is 6.04 Å². The van der Waals surface area contributed by atoms with Crippen molar-refractivity contribution < 1.29 is 23.3 Å². The van der Waals surface area contributed by atoms with Crippen molar-refractivity contribution in [1.29, 1.82) is 0 Å². The number of imide groups is 2. The van der Waals surface area contributed by atoms with E-state index in [1.165, 1.54) is 6.26 Å². The molecule has 2 fully saturated rings. The van der Waals surface area contributed by atoms with E-state index in [2.05, 4.69) is 10.1 Å². The number of urea groups is 1. The second kappa shape index (κ2) is 6.15. The molecule has 2 aromatic heterocycles. The van der Waals surface area contributed by atoms with Gasteiger partial charge in [-0.1, -0.05) is 24.4 Å². The Morgan fingerprint density at radius 1 is 1.12 bits per heavy atom. The van der Waals surface area contributed by atoms with Crippen LogP contribution in [0.15, 0.2) is 27.3 Å². The Morgan fingerprint density at radius 2 is 1.92 bits per heavy atom. The summed E-state index contributed by atoms with van der Waals surface area (Å²) in [5.41, 5.74) is 0. The zero-order valence-electron chi connectivity index (χ0n) is 13.4. The second-order valence-electron chi connectivity index (χ2n) is 6.13. The van der Waals surface area contributed by atoms with Gasteiger partial charge < -0.3 is 8.94 Å². The Hall–Kier alpha value is -2.97. The predicted octanol–water partition coefficient (Wildman–Crippen LogP) is 1.95. The number of carbonyl (C=O) groups is 3. The average molecular weight is 344 g/mol. The first-order chi connectivity index (χ1) is 12.1. The van der Waals surface area contributed by atoms with Crippen LogP contribution in [0.4, 0.5) is 4.79 Å². The van der Waals surface area contributed by atoms with Gasteiger partial charge in [-0.2, -0.15) is 4.98 Å². The standard InChI is InChI=1S/C16H16N4O5/c21-14-15(22)20(10-5-2-1-3-6-10)16(23)19(14)9-12-17-13(18-25-12)11-7-4-8-24-11/h4,7-8,10H,1-3,5-6,9H2. The van der Waals surface area contributed by atoms with Gasteiger partial charge in [-0.15, -0.1) is 0 Å². The van der Waals surface area contributed by atoms with Crippen LogP contribution in [0.5, 0.6) is 0 Å². The van der Waals surface area contributed by atoms with E-state index in [0.29, 0.717) is 5.76 Å². The van der Waals surface area contributed by atoms with Crippen LogP contribution >= 0.6 is 0 Å². The summed E-state index contributed by atoms with van der Waals surface area (Å²) in [4.78, 5) is 43.1. The fourth-order valence-corrected chi connectivity index (χ4v) is 3.28. The summed E-state index contributed by atoms with van der Waals surface area (Å²) in [6, 6.07) is 2.53. The van der Waals surface area contributed by atoms with Gasteiger partial charge in [-0.3, -0.25) is 14.5 Å². The van der Waals surface area contributed by atoms with Gasteiger partial charge in [0.2, 0.25) is 11.7 Å². The Balaban J connectivity index is 1.51. The van der Waals surface area contributed by atoms with Gasteiger partial charge in [0.1, 0.15) is 6.54 Å². The van der Waals surface area contributed by atoms with E-state index in [1.54, 1.807) is 12.1 Å². The minimum absolute atomic E-state index is 0.0615. The number of aromatic nitrogens is 2. The molecule has 1 saturated heterocycles. The van der Waals surface area contributed by atoms with Crippen LogP contribution in [0.1, 0.15) is 38.0 Å². The van der Waals surface area contributed by atoms with Gasteiger partial charge in [-0.25, -0.2) is 9.69 Å². The summed E-state index contributed by atoms with van der Waals surface area (Å²) in [7, 11) is 0. The molecule has 2 aliphatic rings. The van der Waals surface area contributed by atoms with Crippen molar-refractivity contribution in [1.82, 2.24) is 19.9 Å². The summed E-state index contributed by atoms with van der Waals surface area (Å²) in [6.45, 7) is -0.236. The highest BCUT2D eigenvalue weighted by Crippen LogP contribution is 2.27. The summed E-state index contributed by atoms with van der Waals surface area (Å²) in [5, 5.41) is 3.75. The Morgan fingerprint density at radius 3 is 2.64 bits per heavy atom. The first kappa shape index (κ1) is 15.6. The molecule has 4 rings (SSSR count). The van der Waals surface area contributed by atoms with Crippen molar-refractivity contribution in [3.63, 3.8) is 0 Å². The highest BCUT2D eigenvalue weighted by Gasteiger charge is 2.48. The van der Waals surface area contributed by atoms with Crippen molar-refractivity contribution in [3.05, 3.63) is 24.3 Å². The van der Waals surface area contributed by atoms with Gasteiger partial charge in [-0.05, 0) is 25.0 Å². The second-order valence-corrected chi connectivity index (χ2v) is 6.13. The highest BCUT2D eigenvalue weighted by atomic mass is 16.5. The summed E-state index contributed by atoms with van der Waals surface area (Å²) < 4.78 is 10.2. The first-order valence-corrected chi connectivity index (χ1v) is 8.20. The molecule has 1 saturated carbocycles. The van der Waals surface area contributed by atoms with E-state index >= 15 is 0 Å². The lowest BCUT2D eigenvalue weighted by atomic mass is 9.94. The summed E-state index contributed by atoms with van der Waals surface area (Å²) in [6.07, 6.45) is 5.93. The number of hydrogen-bond donors (Lipinski definition) is 0. The minimum Gasteiger partial charge on any atom is -0.461 e. The fraction of sp³-hybridized carbons (Fsp3) is 0.438. The Kier molecular flexibility index (Phi) is 3.83. The van der Waals surface area contributed by atoms with E-state index in [9.17, 15) is 14.4 Å². The number of amides is 4. The molecule has 0 unspecified atom stereocenters. The molecular weight excluding hydrogens is 328 g/mol. The Labute approximate surface area is 142 Å². The fourth-order valence-electron chi connectivity index (χ4n) is 3.28. The van der Waals surface area contributed by atoms with Crippen molar-refractivity contribution in [2.75, 3.05) is 0 Å². The average Bonchev–Trinajstić information content (AvgIpc) is 3.34. The summed E-state index contributed by atoms with van der Waals surface area (Å²) in [5.74, 6) is -0.939. The van der Waals surface area contributed by atoms with Crippen LogP contribution in [-0.4, -0.2) is 43.8 Å². The number of nitrogens with zero attached hydrogens (tertiary/aromatic N) is 4. The van der Waals surface area contributed by atoms with Crippen LogP contribution in [0, 0.1) is 0 Å². The van der Waals surface area contributed by atoms with E-state index in [4.69, 9.17) is 8.94 Å². The van der Waals surface area contributed by atoms with Crippen LogP contribution in [0.2, 0.25) is 0 Å².